The Kier molecular flexibility index (Phi) is 9.00. The van der Waals surface area contributed by atoms with Crippen LogP contribution in [0.1, 0.15) is 18.5 Å². The standard InChI is InChI=1S/C19H32N6O2/c1-24(2)18(26)14-22-19(21-10-13-27-3)23-16-7-11-25(12-8-16)15-17-6-4-5-9-20-17/h4-6,9,16H,7-8,10-15H2,1-3H3,(H2,21,22,23). The van der Waals surface area contributed by atoms with Crippen LogP contribution >= 0.6 is 0 Å². The molecule has 150 valence electrons. The van der Waals surface area contributed by atoms with Crippen molar-refractivity contribution < 1.29 is 9.53 Å². The van der Waals surface area contributed by atoms with Gasteiger partial charge in [-0.3, -0.25) is 14.7 Å². The fourth-order valence-corrected chi connectivity index (χ4v) is 2.86. The molecule has 2 rings (SSSR count). The van der Waals surface area contributed by atoms with Gasteiger partial charge in [-0.2, -0.15) is 0 Å². The molecule has 1 aliphatic heterocycles. The van der Waals surface area contributed by atoms with Crippen molar-refractivity contribution >= 4 is 11.9 Å². The maximum atomic E-state index is 11.8. The lowest BCUT2D eigenvalue weighted by Gasteiger charge is -2.33. The highest BCUT2D eigenvalue weighted by Gasteiger charge is 2.20. The molecule has 1 aromatic heterocycles. The highest BCUT2D eigenvalue weighted by Crippen LogP contribution is 2.12. The smallest absolute Gasteiger partial charge is 0.243 e. The first-order valence-electron chi connectivity index (χ1n) is 9.44. The van der Waals surface area contributed by atoms with Crippen molar-refractivity contribution in [3.05, 3.63) is 30.1 Å². The van der Waals surface area contributed by atoms with E-state index in [4.69, 9.17) is 4.74 Å². The average molecular weight is 377 g/mol. The maximum Gasteiger partial charge on any atom is 0.243 e. The van der Waals surface area contributed by atoms with Crippen molar-refractivity contribution in [1.29, 1.82) is 0 Å². The van der Waals surface area contributed by atoms with E-state index >= 15 is 0 Å². The molecule has 0 aromatic carbocycles. The monoisotopic (exact) mass is 376 g/mol. The number of hydrogen-bond donors (Lipinski definition) is 2. The molecule has 0 radical (unpaired) electrons. The van der Waals surface area contributed by atoms with E-state index in [2.05, 4.69) is 31.6 Å². The summed E-state index contributed by atoms with van der Waals surface area (Å²) in [5.74, 6) is 0.651. The summed E-state index contributed by atoms with van der Waals surface area (Å²) in [5.41, 5.74) is 1.11. The SMILES string of the molecule is COCCNC(=NCC(=O)N(C)C)NC1CCN(Cc2ccccn2)CC1. The molecule has 0 saturated carbocycles. The number of rotatable bonds is 8. The molecule has 0 unspecified atom stereocenters. The molecular weight excluding hydrogens is 344 g/mol. The highest BCUT2D eigenvalue weighted by molar-refractivity contribution is 5.84. The Hall–Kier alpha value is -2.19. The molecule has 1 saturated heterocycles. The average Bonchev–Trinajstić information content (AvgIpc) is 2.68. The van der Waals surface area contributed by atoms with Crippen LogP contribution in [0.15, 0.2) is 29.4 Å². The van der Waals surface area contributed by atoms with Crippen molar-refractivity contribution in [2.45, 2.75) is 25.4 Å². The number of hydrogen-bond acceptors (Lipinski definition) is 5. The molecular formula is C19H32N6O2. The molecule has 1 amide bonds. The number of aromatic nitrogens is 1. The van der Waals surface area contributed by atoms with Crippen molar-refractivity contribution in [1.82, 2.24) is 25.4 Å². The lowest BCUT2D eigenvalue weighted by molar-refractivity contribution is -0.127. The summed E-state index contributed by atoms with van der Waals surface area (Å²) < 4.78 is 5.08. The molecule has 1 fully saturated rings. The molecule has 0 spiro atoms. The molecule has 2 heterocycles. The van der Waals surface area contributed by atoms with E-state index in [1.807, 2.05) is 18.3 Å². The van der Waals surface area contributed by atoms with Crippen LogP contribution in [0.5, 0.6) is 0 Å². The fourth-order valence-electron chi connectivity index (χ4n) is 2.86. The van der Waals surface area contributed by atoms with Crippen LogP contribution in [-0.2, 0) is 16.1 Å². The number of carbonyl (C=O) groups is 1. The first kappa shape index (κ1) is 21.1. The van der Waals surface area contributed by atoms with Gasteiger partial charge in [0.05, 0.1) is 12.3 Å². The number of methoxy groups -OCH3 is 1. The highest BCUT2D eigenvalue weighted by atomic mass is 16.5. The zero-order valence-electron chi connectivity index (χ0n) is 16.6. The summed E-state index contributed by atoms with van der Waals surface area (Å²) in [5, 5.41) is 6.70. The largest absolute Gasteiger partial charge is 0.383 e. The van der Waals surface area contributed by atoms with Crippen LogP contribution in [0.2, 0.25) is 0 Å². The molecule has 0 bridgehead atoms. The number of likely N-dealkylation sites (tertiary alicyclic amines) is 1. The Labute approximate surface area is 162 Å². The third kappa shape index (κ3) is 7.92. The Bertz CT molecular complexity index is 585. The number of likely N-dealkylation sites (N-methyl/N-ethyl adjacent to an activating group) is 1. The van der Waals surface area contributed by atoms with Gasteiger partial charge in [-0.15, -0.1) is 0 Å². The second-order valence-corrected chi connectivity index (χ2v) is 6.89. The molecule has 0 atom stereocenters. The van der Waals surface area contributed by atoms with Crippen molar-refractivity contribution in [3.8, 4) is 0 Å². The summed E-state index contributed by atoms with van der Waals surface area (Å²) in [6.07, 6.45) is 3.89. The van der Waals surface area contributed by atoms with Gasteiger partial charge in [0.2, 0.25) is 5.91 Å². The van der Waals surface area contributed by atoms with E-state index in [0.717, 1.165) is 38.2 Å². The molecule has 1 aromatic rings. The normalized spacial score (nSPS) is 16.2. The van der Waals surface area contributed by atoms with Gasteiger partial charge in [0.15, 0.2) is 5.96 Å². The Balaban J connectivity index is 1.82. The summed E-state index contributed by atoms with van der Waals surface area (Å²) in [6, 6.07) is 6.38. The number of carbonyl (C=O) groups excluding carboxylic acids is 1. The van der Waals surface area contributed by atoms with Crippen LogP contribution in [-0.4, -0.2) is 86.7 Å². The van der Waals surface area contributed by atoms with Crippen LogP contribution in [0.25, 0.3) is 0 Å². The first-order chi connectivity index (χ1) is 13.1. The van der Waals surface area contributed by atoms with Crippen molar-refractivity contribution in [3.63, 3.8) is 0 Å². The second kappa shape index (κ2) is 11.5. The lowest BCUT2D eigenvalue weighted by atomic mass is 10.0. The lowest BCUT2D eigenvalue weighted by Crippen LogP contribution is -2.49. The van der Waals surface area contributed by atoms with Crippen molar-refractivity contribution in [2.75, 3.05) is 54.0 Å². The summed E-state index contributed by atoms with van der Waals surface area (Å²) in [4.78, 5) is 24.6. The third-order valence-electron chi connectivity index (χ3n) is 4.51. The van der Waals surface area contributed by atoms with Gasteiger partial charge in [0.1, 0.15) is 6.54 Å². The van der Waals surface area contributed by atoms with Gasteiger partial charge in [-0.05, 0) is 25.0 Å². The van der Waals surface area contributed by atoms with E-state index in [0.29, 0.717) is 25.2 Å². The van der Waals surface area contributed by atoms with Crippen LogP contribution in [0.3, 0.4) is 0 Å². The number of nitrogens with one attached hydrogen (secondary N) is 2. The number of guanidine groups is 1. The molecule has 1 aliphatic rings. The number of pyridine rings is 1. The van der Waals surface area contributed by atoms with E-state index in [1.165, 1.54) is 0 Å². The number of aliphatic imine (C=N–C) groups is 1. The molecule has 0 aliphatic carbocycles. The second-order valence-electron chi connectivity index (χ2n) is 6.89. The minimum absolute atomic E-state index is 0.0204. The third-order valence-corrected chi connectivity index (χ3v) is 4.51. The quantitative estimate of drug-likeness (QED) is 0.386. The Morgan fingerprint density at radius 2 is 2.15 bits per heavy atom. The summed E-state index contributed by atoms with van der Waals surface area (Å²) in [7, 11) is 5.14. The zero-order valence-corrected chi connectivity index (χ0v) is 16.6. The van der Waals surface area contributed by atoms with E-state index < -0.39 is 0 Å². The molecule has 27 heavy (non-hydrogen) atoms. The molecule has 8 nitrogen and oxygen atoms in total. The van der Waals surface area contributed by atoms with E-state index in [-0.39, 0.29) is 12.5 Å². The predicted molar refractivity (Wildman–Crippen MR) is 107 cm³/mol. The summed E-state index contributed by atoms with van der Waals surface area (Å²) >= 11 is 0. The van der Waals surface area contributed by atoms with Gasteiger partial charge in [-0.25, -0.2) is 4.99 Å². The van der Waals surface area contributed by atoms with Gasteiger partial charge in [-0.1, -0.05) is 6.07 Å². The van der Waals surface area contributed by atoms with Gasteiger partial charge >= 0.3 is 0 Å². The topological polar surface area (TPSA) is 82.1 Å². The van der Waals surface area contributed by atoms with Crippen molar-refractivity contribution in [2.24, 2.45) is 4.99 Å². The maximum absolute atomic E-state index is 11.8. The minimum Gasteiger partial charge on any atom is -0.383 e. The molecule has 8 heteroatoms. The zero-order chi connectivity index (χ0) is 19.5. The van der Waals surface area contributed by atoms with Gasteiger partial charge in [0, 0.05) is 59.6 Å². The fraction of sp³-hybridized carbons (Fsp3) is 0.632. The van der Waals surface area contributed by atoms with Gasteiger partial charge < -0.3 is 20.3 Å². The minimum atomic E-state index is -0.0204. The van der Waals surface area contributed by atoms with E-state index in [1.54, 1.807) is 26.1 Å². The predicted octanol–water partition coefficient (Wildman–Crippen LogP) is 0.316. The van der Waals surface area contributed by atoms with Crippen LogP contribution < -0.4 is 10.6 Å². The molecule has 2 N–H and O–H groups in total. The van der Waals surface area contributed by atoms with Crippen LogP contribution in [0.4, 0.5) is 0 Å². The number of amides is 1. The first-order valence-corrected chi connectivity index (χ1v) is 9.44. The number of ether oxygens (including phenoxy) is 1. The van der Waals surface area contributed by atoms with E-state index in [9.17, 15) is 4.79 Å². The summed E-state index contributed by atoms with van der Waals surface area (Å²) in [6.45, 7) is 4.28. The Morgan fingerprint density at radius 3 is 2.78 bits per heavy atom. The van der Waals surface area contributed by atoms with Gasteiger partial charge in [0.25, 0.3) is 0 Å². The van der Waals surface area contributed by atoms with Crippen LogP contribution in [0, 0.1) is 0 Å². The Morgan fingerprint density at radius 1 is 1.37 bits per heavy atom. The number of piperidine rings is 1. The number of nitrogens with zero attached hydrogens (tertiary/aromatic N) is 4.